The number of nitrogens with one attached hydrogen (secondary N) is 1. The highest BCUT2D eigenvalue weighted by Crippen LogP contribution is 2.21. The van der Waals surface area contributed by atoms with Crippen molar-refractivity contribution in [3.8, 4) is 0 Å². The van der Waals surface area contributed by atoms with Gasteiger partial charge in [-0.3, -0.25) is 9.59 Å². The Balaban J connectivity index is 2.02. The molecular formula is C18H20N4O3. The fourth-order valence-electron chi connectivity index (χ4n) is 1.95. The molecule has 2 aromatic carbocycles. The van der Waals surface area contributed by atoms with Gasteiger partial charge >= 0.3 is 5.97 Å². The molecule has 0 aliphatic heterocycles. The number of benzene rings is 2. The first-order valence-electron chi connectivity index (χ1n) is 7.69. The van der Waals surface area contributed by atoms with E-state index in [2.05, 4.69) is 15.5 Å². The summed E-state index contributed by atoms with van der Waals surface area (Å²) in [4.78, 5) is 24.7. The SMILES string of the molecule is CC(NC(=O)c1ccc(N=Nc2ccc(N(C)C)cc2)cc1)C(=O)O. The van der Waals surface area contributed by atoms with Crippen molar-refractivity contribution in [2.24, 2.45) is 10.2 Å². The molecule has 0 spiro atoms. The Bertz CT molecular complexity index is 768. The van der Waals surface area contributed by atoms with Crippen molar-refractivity contribution < 1.29 is 14.7 Å². The Morgan fingerprint density at radius 1 is 0.960 bits per heavy atom. The number of hydrogen-bond acceptors (Lipinski definition) is 5. The topological polar surface area (TPSA) is 94.4 Å². The maximum Gasteiger partial charge on any atom is 0.325 e. The lowest BCUT2D eigenvalue weighted by atomic mass is 10.2. The van der Waals surface area contributed by atoms with Crippen LogP contribution in [0.25, 0.3) is 0 Å². The van der Waals surface area contributed by atoms with Gasteiger partial charge in [0.15, 0.2) is 0 Å². The molecule has 0 aliphatic carbocycles. The van der Waals surface area contributed by atoms with Crippen molar-refractivity contribution in [3.05, 3.63) is 54.1 Å². The molecule has 7 nitrogen and oxygen atoms in total. The summed E-state index contributed by atoms with van der Waals surface area (Å²) in [5, 5.41) is 19.5. The third kappa shape index (κ3) is 5.13. The Labute approximate surface area is 146 Å². The van der Waals surface area contributed by atoms with E-state index >= 15 is 0 Å². The average Bonchev–Trinajstić information content (AvgIpc) is 2.60. The van der Waals surface area contributed by atoms with E-state index in [0.717, 1.165) is 11.4 Å². The van der Waals surface area contributed by atoms with E-state index in [-0.39, 0.29) is 0 Å². The molecule has 1 amide bonds. The average molecular weight is 340 g/mol. The summed E-state index contributed by atoms with van der Waals surface area (Å²) < 4.78 is 0. The molecule has 130 valence electrons. The standard InChI is InChI=1S/C18H20N4O3/c1-12(18(24)25)19-17(23)13-4-6-14(7-5-13)20-21-15-8-10-16(11-9-15)22(2)3/h4-12H,1-3H3,(H,19,23)(H,24,25). The zero-order chi connectivity index (χ0) is 18.4. The molecule has 2 aromatic rings. The van der Waals surface area contributed by atoms with Gasteiger partial charge in [0.2, 0.25) is 0 Å². The van der Waals surface area contributed by atoms with Crippen LogP contribution in [0.4, 0.5) is 17.1 Å². The quantitative estimate of drug-likeness (QED) is 0.788. The number of amides is 1. The van der Waals surface area contributed by atoms with Crippen LogP contribution < -0.4 is 10.2 Å². The highest BCUT2D eigenvalue weighted by Gasteiger charge is 2.14. The Kier molecular flexibility index (Phi) is 5.84. The van der Waals surface area contributed by atoms with Crippen molar-refractivity contribution in [1.82, 2.24) is 5.32 Å². The van der Waals surface area contributed by atoms with Crippen molar-refractivity contribution >= 4 is 28.9 Å². The van der Waals surface area contributed by atoms with Crippen LogP contribution in [0.15, 0.2) is 58.8 Å². The predicted molar refractivity (Wildman–Crippen MR) is 96.0 cm³/mol. The molecule has 0 radical (unpaired) electrons. The first-order chi connectivity index (χ1) is 11.9. The fraction of sp³-hybridized carbons (Fsp3) is 0.222. The molecule has 7 heteroatoms. The van der Waals surface area contributed by atoms with Gasteiger partial charge in [0, 0.05) is 25.3 Å². The molecule has 0 fully saturated rings. The summed E-state index contributed by atoms with van der Waals surface area (Å²) in [7, 11) is 3.93. The minimum atomic E-state index is -1.08. The lowest BCUT2D eigenvalue weighted by Gasteiger charge is -2.11. The molecule has 25 heavy (non-hydrogen) atoms. The lowest BCUT2D eigenvalue weighted by Crippen LogP contribution is -2.38. The molecule has 1 unspecified atom stereocenters. The van der Waals surface area contributed by atoms with E-state index in [0.29, 0.717) is 11.3 Å². The molecule has 0 aliphatic rings. The van der Waals surface area contributed by atoms with Gasteiger partial charge in [-0.25, -0.2) is 0 Å². The van der Waals surface area contributed by atoms with Gasteiger partial charge in [0.1, 0.15) is 6.04 Å². The monoisotopic (exact) mass is 340 g/mol. The Morgan fingerprint density at radius 2 is 1.44 bits per heavy atom. The molecule has 0 saturated carbocycles. The Morgan fingerprint density at radius 3 is 1.88 bits per heavy atom. The van der Waals surface area contributed by atoms with Gasteiger partial charge in [-0.2, -0.15) is 10.2 Å². The van der Waals surface area contributed by atoms with Gasteiger partial charge in [0.05, 0.1) is 11.4 Å². The van der Waals surface area contributed by atoms with E-state index in [1.54, 1.807) is 24.3 Å². The zero-order valence-corrected chi connectivity index (χ0v) is 14.3. The van der Waals surface area contributed by atoms with Gasteiger partial charge < -0.3 is 15.3 Å². The fourth-order valence-corrected chi connectivity index (χ4v) is 1.95. The number of aliphatic carboxylic acids is 1. The van der Waals surface area contributed by atoms with E-state index in [1.807, 2.05) is 43.3 Å². The van der Waals surface area contributed by atoms with Crippen molar-refractivity contribution in [2.75, 3.05) is 19.0 Å². The van der Waals surface area contributed by atoms with Crippen molar-refractivity contribution in [2.45, 2.75) is 13.0 Å². The third-order valence-electron chi connectivity index (χ3n) is 3.49. The molecule has 0 bridgehead atoms. The second-order valence-electron chi connectivity index (χ2n) is 5.69. The van der Waals surface area contributed by atoms with Gasteiger partial charge in [0.25, 0.3) is 5.91 Å². The van der Waals surface area contributed by atoms with Crippen molar-refractivity contribution in [1.29, 1.82) is 0 Å². The third-order valence-corrected chi connectivity index (χ3v) is 3.49. The first-order valence-corrected chi connectivity index (χ1v) is 7.69. The zero-order valence-electron chi connectivity index (χ0n) is 14.3. The van der Waals surface area contributed by atoms with E-state index in [9.17, 15) is 9.59 Å². The van der Waals surface area contributed by atoms with Crippen molar-refractivity contribution in [3.63, 3.8) is 0 Å². The van der Waals surface area contributed by atoms with Crippen LogP contribution in [-0.4, -0.2) is 37.1 Å². The molecular weight excluding hydrogens is 320 g/mol. The van der Waals surface area contributed by atoms with Gasteiger partial charge in [-0.1, -0.05) is 0 Å². The van der Waals surface area contributed by atoms with Gasteiger partial charge in [-0.05, 0) is 55.5 Å². The number of carbonyl (C=O) groups excluding carboxylic acids is 1. The normalized spacial score (nSPS) is 12.0. The highest BCUT2D eigenvalue weighted by atomic mass is 16.4. The Hall–Kier alpha value is -3.22. The largest absolute Gasteiger partial charge is 0.480 e. The number of nitrogens with zero attached hydrogens (tertiary/aromatic N) is 3. The molecule has 2 rings (SSSR count). The summed E-state index contributed by atoms with van der Waals surface area (Å²) in [6.45, 7) is 1.41. The molecule has 2 N–H and O–H groups in total. The summed E-state index contributed by atoms with van der Waals surface area (Å²) >= 11 is 0. The first kappa shape index (κ1) is 18.1. The number of carbonyl (C=O) groups is 2. The minimum Gasteiger partial charge on any atom is -0.480 e. The summed E-state index contributed by atoms with van der Waals surface area (Å²) in [5.41, 5.74) is 2.76. The van der Waals surface area contributed by atoms with Crippen LogP contribution in [0, 0.1) is 0 Å². The number of hydrogen-bond donors (Lipinski definition) is 2. The smallest absolute Gasteiger partial charge is 0.325 e. The predicted octanol–water partition coefficient (Wildman–Crippen LogP) is 3.37. The minimum absolute atomic E-state index is 0.363. The molecule has 0 heterocycles. The maximum absolute atomic E-state index is 11.9. The van der Waals surface area contributed by atoms with Gasteiger partial charge in [-0.15, -0.1) is 0 Å². The van der Waals surface area contributed by atoms with Crippen LogP contribution in [-0.2, 0) is 4.79 Å². The lowest BCUT2D eigenvalue weighted by molar-refractivity contribution is -0.138. The molecule has 1 atom stereocenters. The molecule has 0 saturated heterocycles. The van der Waals surface area contributed by atoms with E-state index < -0.39 is 17.9 Å². The second-order valence-corrected chi connectivity index (χ2v) is 5.69. The van der Waals surface area contributed by atoms with E-state index in [1.165, 1.54) is 6.92 Å². The summed E-state index contributed by atoms with van der Waals surface area (Å²) in [5.74, 6) is -1.53. The summed E-state index contributed by atoms with van der Waals surface area (Å²) in [6, 6.07) is 13.1. The number of anilines is 1. The van der Waals surface area contributed by atoms with Crippen LogP contribution in [0.5, 0.6) is 0 Å². The number of carboxylic acid groups (broad SMARTS) is 1. The summed E-state index contributed by atoms with van der Waals surface area (Å²) in [6.07, 6.45) is 0. The maximum atomic E-state index is 11.9. The van der Waals surface area contributed by atoms with Crippen LogP contribution >= 0.6 is 0 Å². The highest BCUT2D eigenvalue weighted by molar-refractivity contribution is 5.96. The molecule has 0 aromatic heterocycles. The van der Waals surface area contributed by atoms with E-state index in [4.69, 9.17) is 5.11 Å². The number of carboxylic acids is 1. The second kappa shape index (κ2) is 8.05. The van der Waals surface area contributed by atoms with Crippen LogP contribution in [0.3, 0.4) is 0 Å². The van der Waals surface area contributed by atoms with Crippen LogP contribution in [0.2, 0.25) is 0 Å². The number of rotatable bonds is 6. The number of azo groups is 1. The van der Waals surface area contributed by atoms with Crippen LogP contribution in [0.1, 0.15) is 17.3 Å².